The molecule has 3 aromatic carbocycles. The van der Waals surface area contributed by atoms with E-state index >= 15 is 0 Å². The number of amides is 2. The van der Waals surface area contributed by atoms with Gasteiger partial charge in [-0.05, 0) is 41.5 Å². The molecule has 0 atom stereocenters. The number of sulfonamides is 1. The molecule has 0 saturated heterocycles. The highest BCUT2D eigenvalue weighted by atomic mass is 35.5. The maximum absolute atomic E-state index is 13.6. The fourth-order valence-corrected chi connectivity index (χ4v) is 5.07. The minimum Gasteiger partial charge on any atom is -0.495 e. The van der Waals surface area contributed by atoms with Crippen LogP contribution in [-0.4, -0.2) is 38.2 Å². The molecule has 3 aromatic rings. The van der Waals surface area contributed by atoms with E-state index in [1.54, 1.807) is 48.5 Å². The Morgan fingerprint density at radius 1 is 1.00 bits per heavy atom. The number of hydrogen-bond acceptors (Lipinski definition) is 5. The molecule has 8 nitrogen and oxygen atoms in total. The summed E-state index contributed by atoms with van der Waals surface area (Å²) in [4.78, 5) is 23.7. The molecule has 0 unspecified atom stereocenters. The summed E-state index contributed by atoms with van der Waals surface area (Å²) in [5.41, 5.74) is 7.05. The van der Waals surface area contributed by atoms with E-state index < -0.39 is 28.4 Å². The van der Waals surface area contributed by atoms with E-state index in [2.05, 4.69) is 5.32 Å². The summed E-state index contributed by atoms with van der Waals surface area (Å²) in [6, 6.07) is 19.8. The summed E-state index contributed by atoms with van der Waals surface area (Å²) in [7, 11) is -2.80. The van der Waals surface area contributed by atoms with Crippen LogP contribution >= 0.6 is 11.6 Å². The molecule has 0 aromatic heterocycles. The standard InChI is InChI=1S/C24H24ClN3O5S/c1-33-21-12-9-19(25)14-22(21)34(31,32)28(15-18-5-3-2-4-6-18)16-24(30)27-20-10-7-17(8-11-20)13-23(26)29/h2-12,14H,13,15-16H2,1H3,(H2,26,29)(H,27,30). The van der Waals surface area contributed by atoms with Crippen LogP contribution in [0.15, 0.2) is 77.7 Å². The average molecular weight is 502 g/mol. The van der Waals surface area contributed by atoms with Crippen LogP contribution in [0.4, 0.5) is 5.69 Å². The number of carbonyl (C=O) groups excluding carboxylic acids is 2. The smallest absolute Gasteiger partial charge is 0.247 e. The molecule has 34 heavy (non-hydrogen) atoms. The minimum atomic E-state index is -4.16. The molecule has 0 bridgehead atoms. The van der Waals surface area contributed by atoms with Crippen molar-refractivity contribution in [2.24, 2.45) is 5.73 Å². The molecule has 0 aliphatic rings. The number of nitrogens with one attached hydrogen (secondary N) is 1. The number of ether oxygens (including phenoxy) is 1. The largest absolute Gasteiger partial charge is 0.495 e. The Labute approximate surface area is 203 Å². The van der Waals surface area contributed by atoms with Gasteiger partial charge in [-0.3, -0.25) is 9.59 Å². The van der Waals surface area contributed by atoms with Crippen LogP contribution in [0.1, 0.15) is 11.1 Å². The fourth-order valence-electron chi connectivity index (χ4n) is 3.27. The van der Waals surface area contributed by atoms with E-state index in [4.69, 9.17) is 22.1 Å². The molecule has 0 heterocycles. The Hall–Kier alpha value is -3.40. The second kappa shape index (κ2) is 11.1. The van der Waals surface area contributed by atoms with Crippen molar-refractivity contribution in [3.8, 4) is 5.75 Å². The van der Waals surface area contributed by atoms with Crippen molar-refractivity contribution >= 4 is 39.1 Å². The summed E-state index contributed by atoms with van der Waals surface area (Å²) >= 11 is 6.06. The SMILES string of the molecule is COc1ccc(Cl)cc1S(=O)(=O)N(CC(=O)Nc1ccc(CC(N)=O)cc1)Cc1ccccc1. The second-order valence-electron chi connectivity index (χ2n) is 7.44. The van der Waals surface area contributed by atoms with E-state index in [0.29, 0.717) is 16.8 Å². The maximum atomic E-state index is 13.6. The highest BCUT2D eigenvalue weighted by Crippen LogP contribution is 2.30. The van der Waals surface area contributed by atoms with Gasteiger partial charge in [0.15, 0.2) is 0 Å². The maximum Gasteiger partial charge on any atom is 0.247 e. The topological polar surface area (TPSA) is 119 Å². The van der Waals surface area contributed by atoms with Gasteiger partial charge >= 0.3 is 0 Å². The Balaban J connectivity index is 1.87. The predicted molar refractivity (Wildman–Crippen MR) is 130 cm³/mol. The van der Waals surface area contributed by atoms with Gasteiger partial charge < -0.3 is 15.8 Å². The first-order valence-electron chi connectivity index (χ1n) is 10.2. The average Bonchev–Trinajstić information content (AvgIpc) is 2.80. The number of anilines is 1. The molecule has 0 aliphatic heterocycles. The zero-order chi connectivity index (χ0) is 24.7. The van der Waals surface area contributed by atoms with Crippen molar-refractivity contribution < 1.29 is 22.7 Å². The van der Waals surface area contributed by atoms with Crippen molar-refractivity contribution in [1.29, 1.82) is 0 Å². The first-order valence-corrected chi connectivity index (χ1v) is 12.1. The number of nitrogens with two attached hydrogens (primary N) is 1. The van der Waals surface area contributed by atoms with Gasteiger partial charge in [0.05, 0.1) is 20.1 Å². The normalized spacial score (nSPS) is 11.3. The third kappa shape index (κ3) is 6.57. The van der Waals surface area contributed by atoms with Crippen LogP contribution < -0.4 is 15.8 Å². The molecule has 10 heteroatoms. The van der Waals surface area contributed by atoms with Crippen LogP contribution in [0, 0.1) is 0 Å². The van der Waals surface area contributed by atoms with Gasteiger partial charge in [0.1, 0.15) is 10.6 Å². The first kappa shape index (κ1) is 25.2. The predicted octanol–water partition coefficient (Wildman–Crippen LogP) is 3.21. The van der Waals surface area contributed by atoms with Gasteiger partial charge in [-0.1, -0.05) is 54.1 Å². The van der Waals surface area contributed by atoms with E-state index in [9.17, 15) is 18.0 Å². The molecule has 2 amide bonds. The highest BCUT2D eigenvalue weighted by Gasteiger charge is 2.30. The molecular formula is C24H24ClN3O5S. The summed E-state index contributed by atoms with van der Waals surface area (Å²) in [5.74, 6) is -0.883. The quantitative estimate of drug-likeness (QED) is 0.442. The summed E-state index contributed by atoms with van der Waals surface area (Å²) in [5, 5.41) is 2.91. The molecule has 0 radical (unpaired) electrons. The van der Waals surface area contributed by atoms with Crippen LogP contribution in [-0.2, 0) is 32.6 Å². The van der Waals surface area contributed by atoms with Crippen LogP contribution in [0.5, 0.6) is 5.75 Å². The molecule has 0 spiro atoms. The molecule has 0 fully saturated rings. The Morgan fingerprint density at radius 2 is 1.68 bits per heavy atom. The lowest BCUT2D eigenvalue weighted by molar-refractivity contribution is -0.117. The van der Waals surface area contributed by atoms with E-state index in [1.807, 2.05) is 6.07 Å². The Bertz CT molecular complexity index is 1270. The lowest BCUT2D eigenvalue weighted by Gasteiger charge is -2.23. The number of primary amides is 1. The minimum absolute atomic E-state index is 0.0379. The van der Waals surface area contributed by atoms with Crippen LogP contribution in [0.2, 0.25) is 5.02 Å². The number of carbonyl (C=O) groups is 2. The van der Waals surface area contributed by atoms with Crippen molar-refractivity contribution in [2.45, 2.75) is 17.9 Å². The number of rotatable bonds is 10. The van der Waals surface area contributed by atoms with Gasteiger partial charge in [-0.2, -0.15) is 4.31 Å². The van der Waals surface area contributed by atoms with E-state index in [0.717, 1.165) is 4.31 Å². The van der Waals surface area contributed by atoms with Gasteiger partial charge in [0.25, 0.3) is 0 Å². The first-order chi connectivity index (χ1) is 16.2. The third-order valence-electron chi connectivity index (χ3n) is 4.88. The van der Waals surface area contributed by atoms with Crippen molar-refractivity contribution in [3.63, 3.8) is 0 Å². The highest BCUT2D eigenvalue weighted by molar-refractivity contribution is 7.89. The number of nitrogens with zero attached hydrogens (tertiary/aromatic N) is 1. The van der Waals surface area contributed by atoms with Crippen molar-refractivity contribution in [2.75, 3.05) is 19.0 Å². The van der Waals surface area contributed by atoms with Gasteiger partial charge in [-0.25, -0.2) is 8.42 Å². The van der Waals surface area contributed by atoms with Crippen LogP contribution in [0.3, 0.4) is 0 Å². The van der Waals surface area contributed by atoms with Crippen molar-refractivity contribution in [3.05, 3.63) is 88.9 Å². The van der Waals surface area contributed by atoms with Gasteiger partial charge in [0.2, 0.25) is 21.8 Å². The second-order valence-corrected chi connectivity index (χ2v) is 9.78. The van der Waals surface area contributed by atoms with E-state index in [-0.39, 0.29) is 28.6 Å². The summed E-state index contributed by atoms with van der Waals surface area (Å²) < 4.78 is 33.4. The van der Waals surface area contributed by atoms with Gasteiger partial charge in [0, 0.05) is 17.3 Å². The van der Waals surface area contributed by atoms with E-state index in [1.165, 1.54) is 25.3 Å². The monoisotopic (exact) mass is 501 g/mol. The molecule has 3 rings (SSSR count). The summed E-state index contributed by atoms with van der Waals surface area (Å²) in [6.07, 6.45) is 0.0821. The molecule has 3 N–H and O–H groups in total. The number of methoxy groups -OCH3 is 1. The number of hydrogen-bond donors (Lipinski definition) is 2. The Kier molecular flexibility index (Phi) is 8.27. The number of halogens is 1. The zero-order valence-corrected chi connectivity index (χ0v) is 20.0. The van der Waals surface area contributed by atoms with Crippen molar-refractivity contribution in [1.82, 2.24) is 4.31 Å². The Morgan fingerprint density at radius 3 is 2.29 bits per heavy atom. The van der Waals surface area contributed by atoms with Crippen LogP contribution in [0.25, 0.3) is 0 Å². The molecule has 0 aliphatic carbocycles. The molecule has 0 saturated carbocycles. The zero-order valence-electron chi connectivity index (χ0n) is 18.4. The summed E-state index contributed by atoms with van der Waals surface area (Å²) in [6.45, 7) is -0.486. The lowest BCUT2D eigenvalue weighted by Crippen LogP contribution is -2.37. The van der Waals surface area contributed by atoms with Gasteiger partial charge in [-0.15, -0.1) is 0 Å². The molecular weight excluding hydrogens is 478 g/mol. The third-order valence-corrected chi connectivity index (χ3v) is 6.93. The lowest BCUT2D eigenvalue weighted by atomic mass is 10.1. The molecule has 178 valence electrons. The fraction of sp³-hybridized carbons (Fsp3) is 0.167. The number of benzene rings is 3.